The van der Waals surface area contributed by atoms with Crippen LogP contribution in [0.5, 0.6) is 5.75 Å². The highest BCUT2D eigenvalue weighted by Crippen LogP contribution is 2.32. The Morgan fingerprint density at radius 1 is 0.975 bits per heavy atom. The maximum atomic E-state index is 14.0. The van der Waals surface area contributed by atoms with Gasteiger partial charge < -0.3 is 15.0 Å². The molecule has 0 saturated carbocycles. The molecule has 2 amide bonds. The van der Waals surface area contributed by atoms with Gasteiger partial charge in [-0.15, -0.1) is 0 Å². The number of ether oxygens (including phenoxy) is 1. The first-order chi connectivity index (χ1) is 19.0. The number of rotatable bonds is 12. The fourth-order valence-electron chi connectivity index (χ4n) is 4.27. The maximum absolute atomic E-state index is 14.0. The maximum Gasteiger partial charge on any atom is 0.264 e. The largest absolute Gasteiger partial charge is 0.495 e. The number of para-hydroxylation sites is 2. The fraction of sp³-hybridized carbons (Fsp3) is 0.333. The molecule has 0 saturated heterocycles. The first-order valence-corrected chi connectivity index (χ1v) is 14.5. The molecule has 0 aliphatic rings. The number of anilines is 1. The van der Waals surface area contributed by atoms with Gasteiger partial charge in [-0.3, -0.25) is 13.9 Å². The van der Waals surface area contributed by atoms with Crippen LogP contribution in [-0.2, 0) is 26.2 Å². The third-order valence-corrected chi connectivity index (χ3v) is 8.10. The molecule has 0 aliphatic heterocycles. The van der Waals surface area contributed by atoms with Gasteiger partial charge in [0, 0.05) is 12.6 Å². The van der Waals surface area contributed by atoms with Crippen LogP contribution < -0.4 is 14.4 Å². The number of aryl methyl sites for hydroxylation is 1. The Morgan fingerprint density at radius 3 is 2.17 bits per heavy atom. The van der Waals surface area contributed by atoms with Gasteiger partial charge in [-0.1, -0.05) is 48.9 Å². The highest BCUT2D eigenvalue weighted by atomic mass is 32.2. The molecule has 3 rings (SSSR count). The molecule has 40 heavy (non-hydrogen) atoms. The topological polar surface area (TPSA) is 96.0 Å². The van der Waals surface area contributed by atoms with Gasteiger partial charge in [0.05, 0.1) is 17.7 Å². The molecule has 10 heteroatoms. The first kappa shape index (κ1) is 30.6. The quantitative estimate of drug-likeness (QED) is 0.342. The molecule has 0 aliphatic carbocycles. The summed E-state index contributed by atoms with van der Waals surface area (Å²) in [6, 6.07) is 17.4. The second-order valence-corrected chi connectivity index (χ2v) is 11.6. The summed E-state index contributed by atoms with van der Waals surface area (Å²) in [5.41, 5.74) is 1.66. The predicted molar refractivity (Wildman–Crippen MR) is 153 cm³/mol. The zero-order valence-electron chi connectivity index (χ0n) is 23.4. The van der Waals surface area contributed by atoms with E-state index >= 15 is 0 Å². The van der Waals surface area contributed by atoms with E-state index in [0.29, 0.717) is 5.56 Å². The minimum Gasteiger partial charge on any atom is -0.495 e. The van der Waals surface area contributed by atoms with E-state index in [9.17, 15) is 22.4 Å². The first-order valence-electron chi connectivity index (χ1n) is 13.0. The third-order valence-electron chi connectivity index (χ3n) is 6.32. The Labute approximate surface area is 235 Å². The minimum absolute atomic E-state index is 0.00600. The van der Waals surface area contributed by atoms with E-state index < -0.39 is 34.3 Å². The number of nitrogens with one attached hydrogen (secondary N) is 1. The van der Waals surface area contributed by atoms with Crippen molar-refractivity contribution in [3.05, 3.63) is 89.7 Å². The lowest BCUT2D eigenvalue weighted by Crippen LogP contribution is -2.53. The van der Waals surface area contributed by atoms with Crippen molar-refractivity contribution in [2.45, 2.75) is 57.6 Å². The van der Waals surface area contributed by atoms with Crippen molar-refractivity contribution in [2.24, 2.45) is 0 Å². The third kappa shape index (κ3) is 7.38. The monoisotopic (exact) mass is 569 g/mol. The molecule has 0 unspecified atom stereocenters. The van der Waals surface area contributed by atoms with Crippen LogP contribution in [0, 0.1) is 12.7 Å². The van der Waals surface area contributed by atoms with Gasteiger partial charge in [0.2, 0.25) is 11.8 Å². The number of nitrogens with zero attached hydrogens (tertiary/aromatic N) is 2. The predicted octanol–water partition coefficient (Wildman–Crippen LogP) is 4.67. The van der Waals surface area contributed by atoms with Crippen molar-refractivity contribution in [1.82, 2.24) is 10.2 Å². The van der Waals surface area contributed by atoms with Gasteiger partial charge in [-0.2, -0.15) is 0 Å². The van der Waals surface area contributed by atoms with Crippen molar-refractivity contribution < 1.29 is 27.1 Å². The van der Waals surface area contributed by atoms with Gasteiger partial charge in [-0.25, -0.2) is 12.8 Å². The smallest absolute Gasteiger partial charge is 0.264 e. The molecule has 0 aromatic heterocycles. The second kappa shape index (κ2) is 13.4. The van der Waals surface area contributed by atoms with Crippen molar-refractivity contribution in [2.75, 3.05) is 18.0 Å². The highest BCUT2D eigenvalue weighted by molar-refractivity contribution is 7.92. The summed E-state index contributed by atoms with van der Waals surface area (Å²) in [6.45, 7) is 6.63. The van der Waals surface area contributed by atoms with Gasteiger partial charge in [0.1, 0.15) is 24.2 Å². The molecular weight excluding hydrogens is 533 g/mol. The number of hydrogen-bond donors (Lipinski definition) is 1. The van der Waals surface area contributed by atoms with E-state index in [1.54, 1.807) is 43.3 Å². The summed E-state index contributed by atoms with van der Waals surface area (Å²) in [5.74, 6) is -1.13. The SMILES string of the molecule is CC[C@H](C(=O)NC(C)C)N(Cc1ccc(F)cc1)C(=O)CN(c1ccccc1OC)S(=O)(=O)c1ccc(C)cc1. The molecule has 0 heterocycles. The number of benzene rings is 3. The van der Waals surface area contributed by atoms with E-state index in [1.165, 1.54) is 48.4 Å². The Kier molecular flexibility index (Phi) is 10.3. The van der Waals surface area contributed by atoms with Crippen LogP contribution in [0.25, 0.3) is 0 Å². The zero-order valence-corrected chi connectivity index (χ0v) is 24.2. The Bertz CT molecular complexity index is 1410. The molecule has 214 valence electrons. The molecule has 0 radical (unpaired) electrons. The molecule has 0 spiro atoms. The molecule has 0 bridgehead atoms. The molecule has 1 N–H and O–H groups in total. The number of hydrogen-bond acceptors (Lipinski definition) is 5. The summed E-state index contributed by atoms with van der Waals surface area (Å²) >= 11 is 0. The van der Waals surface area contributed by atoms with Gasteiger partial charge in [-0.05, 0) is 69.2 Å². The van der Waals surface area contributed by atoms with E-state index in [4.69, 9.17) is 4.74 Å². The average molecular weight is 570 g/mol. The van der Waals surface area contributed by atoms with Crippen LogP contribution in [0.2, 0.25) is 0 Å². The number of carbonyl (C=O) groups excluding carboxylic acids is 2. The van der Waals surface area contributed by atoms with Crippen LogP contribution in [0.1, 0.15) is 38.3 Å². The van der Waals surface area contributed by atoms with E-state index in [-0.39, 0.29) is 41.2 Å². The molecule has 1 atom stereocenters. The number of amides is 2. The van der Waals surface area contributed by atoms with Crippen molar-refractivity contribution in [3.8, 4) is 5.75 Å². The molecular formula is C30H36FN3O5S. The summed E-state index contributed by atoms with van der Waals surface area (Å²) < 4.78 is 48.0. The van der Waals surface area contributed by atoms with Crippen LogP contribution in [0.3, 0.4) is 0 Å². The van der Waals surface area contributed by atoms with Crippen LogP contribution in [-0.4, -0.2) is 50.9 Å². The standard InChI is InChI=1S/C30H36FN3O5S/c1-6-26(30(36)32-21(2)3)33(19-23-13-15-24(31)16-14-23)29(35)20-34(27-9-7-8-10-28(27)39-5)40(37,38)25-17-11-22(4)12-18-25/h7-18,21,26H,6,19-20H2,1-5H3,(H,32,36)/t26-/m1/s1. The normalized spacial score (nSPS) is 12.1. The Morgan fingerprint density at radius 2 is 1.60 bits per heavy atom. The summed E-state index contributed by atoms with van der Waals surface area (Å²) in [4.78, 5) is 28.6. The number of halogens is 1. The van der Waals surface area contributed by atoms with Crippen molar-refractivity contribution >= 4 is 27.5 Å². The minimum atomic E-state index is -4.23. The van der Waals surface area contributed by atoms with Gasteiger partial charge in [0.25, 0.3) is 10.0 Å². The van der Waals surface area contributed by atoms with Gasteiger partial charge >= 0.3 is 0 Å². The highest BCUT2D eigenvalue weighted by Gasteiger charge is 2.34. The zero-order chi connectivity index (χ0) is 29.4. The van der Waals surface area contributed by atoms with Gasteiger partial charge in [0.15, 0.2) is 0 Å². The van der Waals surface area contributed by atoms with Crippen LogP contribution in [0.4, 0.5) is 10.1 Å². The molecule has 3 aromatic carbocycles. The Hall–Kier alpha value is -3.92. The summed E-state index contributed by atoms with van der Waals surface area (Å²) in [7, 11) is -2.81. The van der Waals surface area contributed by atoms with Crippen LogP contribution in [0.15, 0.2) is 77.7 Å². The second-order valence-electron chi connectivity index (χ2n) is 9.73. The number of sulfonamides is 1. The van der Waals surface area contributed by atoms with E-state index in [2.05, 4.69) is 5.32 Å². The van der Waals surface area contributed by atoms with E-state index in [1.807, 2.05) is 20.8 Å². The van der Waals surface area contributed by atoms with Crippen molar-refractivity contribution in [3.63, 3.8) is 0 Å². The molecule has 0 fully saturated rings. The van der Waals surface area contributed by atoms with Crippen LogP contribution >= 0.6 is 0 Å². The Balaban J connectivity index is 2.09. The lowest BCUT2D eigenvalue weighted by molar-refractivity contribution is -0.140. The average Bonchev–Trinajstić information content (AvgIpc) is 2.92. The number of carbonyl (C=O) groups is 2. The molecule has 3 aromatic rings. The fourth-order valence-corrected chi connectivity index (χ4v) is 5.70. The van der Waals surface area contributed by atoms with E-state index in [0.717, 1.165) is 9.87 Å². The van der Waals surface area contributed by atoms with Crippen molar-refractivity contribution in [1.29, 1.82) is 0 Å². The molecule has 8 nitrogen and oxygen atoms in total. The lowest BCUT2D eigenvalue weighted by Gasteiger charge is -2.33. The summed E-state index contributed by atoms with van der Waals surface area (Å²) in [5, 5.41) is 2.84. The lowest BCUT2D eigenvalue weighted by atomic mass is 10.1. The number of methoxy groups -OCH3 is 1. The summed E-state index contributed by atoms with van der Waals surface area (Å²) in [6.07, 6.45) is 0.283.